The summed E-state index contributed by atoms with van der Waals surface area (Å²) in [6, 6.07) is 0. The molecule has 1 saturated heterocycles. The second-order valence-corrected chi connectivity index (χ2v) is 7.20. The van der Waals surface area contributed by atoms with Crippen LogP contribution in [-0.4, -0.2) is 36.1 Å². The van der Waals surface area contributed by atoms with E-state index in [1.54, 1.807) is 0 Å². The summed E-state index contributed by atoms with van der Waals surface area (Å²) in [6.45, 7) is 6.24. The first-order valence-electron chi connectivity index (χ1n) is 8.09. The van der Waals surface area contributed by atoms with E-state index in [9.17, 15) is 4.79 Å². The van der Waals surface area contributed by atoms with Crippen LogP contribution in [0.1, 0.15) is 65.7 Å². The summed E-state index contributed by atoms with van der Waals surface area (Å²) < 4.78 is 17.7. The number of esters is 1. The lowest BCUT2D eigenvalue weighted by atomic mass is 10.0. The Morgan fingerprint density at radius 3 is 2.43 bits per heavy atom. The van der Waals surface area contributed by atoms with Crippen LogP contribution < -0.4 is 5.73 Å². The van der Waals surface area contributed by atoms with Crippen molar-refractivity contribution < 1.29 is 19.0 Å². The molecule has 5 heteroatoms. The van der Waals surface area contributed by atoms with Crippen LogP contribution in [-0.2, 0) is 19.0 Å². The van der Waals surface area contributed by atoms with Crippen molar-refractivity contribution in [3.8, 4) is 0 Å². The molecular formula is C16H29NO4. The fraction of sp³-hybridized carbons (Fsp3) is 0.938. The van der Waals surface area contributed by atoms with E-state index in [1.807, 2.05) is 20.8 Å². The lowest BCUT2D eigenvalue weighted by Crippen LogP contribution is -2.48. The van der Waals surface area contributed by atoms with E-state index in [0.717, 1.165) is 38.5 Å². The molecule has 0 aromatic rings. The first kappa shape index (κ1) is 16.7. The van der Waals surface area contributed by atoms with Crippen molar-refractivity contribution in [2.75, 3.05) is 6.54 Å². The Labute approximate surface area is 127 Å². The Morgan fingerprint density at radius 1 is 1.24 bits per heavy atom. The van der Waals surface area contributed by atoms with E-state index in [0.29, 0.717) is 13.0 Å². The lowest BCUT2D eigenvalue weighted by Gasteiger charge is -2.42. The quantitative estimate of drug-likeness (QED) is 0.808. The number of carbonyl (C=O) groups is 1. The highest BCUT2D eigenvalue weighted by Gasteiger charge is 2.45. The molecule has 1 aliphatic heterocycles. The maximum Gasteiger partial charge on any atom is 0.308 e. The fourth-order valence-electron chi connectivity index (χ4n) is 3.23. The molecule has 0 aromatic heterocycles. The molecule has 21 heavy (non-hydrogen) atoms. The summed E-state index contributed by atoms with van der Waals surface area (Å²) in [5.74, 6) is -0.681. The highest BCUT2D eigenvalue weighted by molar-refractivity contribution is 5.70. The van der Waals surface area contributed by atoms with Gasteiger partial charge in [0.05, 0.1) is 18.6 Å². The molecule has 2 aliphatic rings. The third-order valence-electron chi connectivity index (χ3n) is 3.96. The molecule has 1 heterocycles. The van der Waals surface area contributed by atoms with Crippen LogP contribution in [0.15, 0.2) is 0 Å². The van der Waals surface area contributed by atoms with Crippen molar-refractivity contribution in [3.05, 3.63) is 0 Å². The minimum atomic E-state index is -0.481. The van der Waals surface area contributed by atoms with Crippen molar-refractivity contribution in [3.63, 3.8) is 0 Å². The van der Waals surface area contributed by atoms with Crippen molar-refractivity contribution in [2.24, 2.45) is 5.73 Å². The Morgan fingerprint density at radius 2 is 1.86 bits per heavy atom. The van der Waals surface area contributed by atoms with Gasteiger partial charge in [0.1, 0.15) is 5.60 Å². The molecule has 5 nitrogen and oxygen atoms in total. The summed E-state index contributed by atoms with van der Waals surface area (Å²) in [4.78, 5) is 12.0. The van der Waals surface area contributed by atoms with Gasteiger partial charge in [-0.1, -0.05) is 0 Å². The predicted molar refractivity (Wildman–Crippen MR) is 79.7 cm³/mol. The molecule has 1 aliphatic carbocycles. The number of hydrogen-bond donors (Lipinski definition) is 1. The SMILES string of the molecule is CC(C)(C)OC(=O)CC1CC(CCN)OC2(CCCC2)O1. The topological polar surface area (TPSA) is 70.8 Å². The zero-order valence-electron chi connectivity index (χ0n) is 13.5. The van der Waals surface area contributed by atoms with Gasteiger partial charge < -0.3 is 19.9 Å². The van der Waals surface area contributed by atoms with Crippen molar-refractivity contribution in [2.45, 2.75) is 89.3 Å². The molecule has 0 radical (unpaired) electrons. The van der Waals surface area contributed by atoms with Gasteiger partial charge in [0.15, 0.2) is 5.79 Å². The average molecular weight is 299 g/mol. The van der Waals surface area contributed by atoms with Gasteiger partial charge >= 0.3 is 5.97 Å². The van der Waals surface area contributed by atoms with Gasteiger partial charge in [-0.05, 0) is 46.6 Å². The summed E-state index contributed by atoms with van der Waals surface area (Å²) in [5, 5.41) is 0. The smallest absolute Gasteiger partial charge is 0.308 e. The summed E-state index contributed by atoms with van der Waals surface area (Å²) in [5.41, 5.74) is 5.21. The second kappa shape index (κ2) is 6.63. The van der Waals surface area contributed by atoms with E-state index in [-0.39, 0.29) is 18.2 Å². The van der Waals surface area contributed by atoms with Crippen LogP contribution in [0.4, 0.5) is 0 Å². The maximum atomic E-state index is 12.0. The standard InChI is InChI=1S/C16H29NO4/c1-15(2,3)21-14(18)11-13-10-12(6-9-17)19-16(20-13)7-4-5-8-16/h12-13H,4-11,17H2,1-3H3. The van der Waals surface area contributed by atoms with E-state index < -0.39 is 11.4 Å². The summed E-state index contributed by atoms with van der Waals surface area (Å²) in [6.07, 6.45) is 5.87. The average Bonchev–Trinajstić information content (AvgIpc) is 2.73. The molecule has 2 rings (SSSR count). The molecular weight excluding hydrogens is 270 g/mol. The molecule has 0 bridgehead atoms. The van der Waals surface area contributed by atoms with Crippen LogP contribution in [0, 0.1) is 0 Å². The molecule has 2 atom stereocenters. The van der Waals surface area contributed by atoms with Gasteiger partial charge in [0, 0.05) is 19.3 Å². The van der Waals surface area contributed by atoms with Gasteiger partial charge in [-0.3, -0.25) is 4.79 Å². The van der Waals surface area contributed by atoms with Crippen molar-refractivity contribution in [1.29, 1.82) is 0 Å². The number of nitrogens with two attached hydrogens (primary N) is 1. The third kappa shape index (κ3) is 4.94. The van der Waals surface area contributed by atoms with Crippen LogP contribution in [0.25, 0.3) is 0 Å². The number of carbonyl (C=O) groups excluding carboxylic acids is 1. The monoisotopic (exact) mass is 299 g/mol. The van der Waals surface area contributed by atoms with Crippen LogP contribution in [0.5, 0.6) is 0 Å². The van der Waals surface area contributed by atoms with E-state index in [1.165, 1.54) is 0 Å². The second-order valence-electron chi connectivity index (χ2n) is 7.20. The molecule has 2 N–H and O–H groups in total. The van der Waals surface area contributed by atoms with Crippen LogP contribution in [0.3, 0.4) is 0 Å². The molecule has 2 fully saturated rings. The van der Waals surface area contributed by atoms with E-state index in [4.69, 9.17) is 19.9 Å². The molecule has 122 valence electrons. The largest absolute Gasteiger partial charge is 0.460 e. The minimum Gasteiger partial charge on any atom is -0.460 e. The van der Waals surface area contributed by atoms with E-state index >= 15 is 0 Å². The first-order chi connectivity index (χ1) is 9.82. The molecule has 2 unspecified atom stereocenters. The number of hydrogen-bond acceptors (Lipinski definition) is 5. The number of rotatable bonds is 4. The summed E-state index contributed by atoms with van der Waals surface area (Å²) in [7, 11) is 0. The maximum absolute atomic E-state index is 12.0. The lowest BCUT2D eigenvalue weighted by molar-refractivity contribution is -0.315. The zero-order valence-corrected chi connectivity index (χ0v) is 13.5. The molecule has 0 amide bonds. The van der Waals surface area contributed by atoms with Crippen molar-refractivity contribution >= 4 is 5.97 Å². The molecule has 1 saturated carbocycles. The Balaban J connectivity index is 1.96. The first-order valence-corrected chi connectivity index (χ1v) is 8.09. The minimum absolute atomic E-state index is 0.0919. The number of ether oxygens (including phenoxy) is 3. The Kier molecular flexibility index (Phi) is 5.28. The highest BCUT2D eigenvalue weighted by Crippen LogP contribution is 2.41. The van der Waals surface area contributed by atoms with Gasteiger partial charge in [0.25, 0.3) is 0 Å². The highest BCUT2D eigenvalue weighted by atomic mass is 16.7. The van der Waals surface area contributed by atoms with Crippen LogP contribution in [0.2, 0.25) is 0 Å². The Hall–Kier alpha value is -0.650. The molecule has 1 spiro atoms. The van der Waals surface area contributed by atoms with Crippen LogP contribution >= 0.6 is 0 Å². The predicted octanol–water partition coefficient (Wildman–Crippen LogP) is 2.51. The van der Waals surface area contributed by atoms with Crippen molar-refractivity contribution in [1.82, 2.24) is 0 Å². The van der Waals surface area contributed by atoms with Gasteiger partial charge in [-0.2, -0.15) is 0 Å². The summed E-state index contributed by atoms with van der Waals surface area (Å²) >= 11 is 0. The van der Waals surface area contributed by atoms with Gasteiger partial charge in [-0.15, -0.1) is 0 Å². The fourth-order valence-corrected chi connectivity index (χ4v) is 3.23. The Bertz CT molecular complexity index is 358. The van der Waals surface area contributed by atoms with Gasteiger partial charge in [0.2, 0.25) is 0 Å². The zero-order chi connectivity index (χ0) is 15.5. The molecule has 0 aromatic carbocycles. The van der Waals surface area contributed by atoms with Gasteiger partial charge in [-0.25, -0.2) is 0 Å². The van der Waals surface area contributed by atoms with E-state index in [2.05, 4.69) is 0 Å². The third-order valence-corrected chi connectivity index (χ3v) is 3.96. The normalized spacial score (nSPS) is 28.8.